The third-order valence-electron chi connectivity index (χ3n) is 10.0. The average molecular weight is 416 g/mol. The molecular weight excluding hydrogens is 378 g/mol. The van der Waals surface area contributed by atoms with E-state index < -0.39 is 11.0 Å². The molecule has 5 nitrogen and oxygen atoms in total. The Bertz CT molecular complexity index is 792. The van der Waals surface area contributed by atoms with E-state index in [0.717, 1.165) is 50.6 Å². The highest BCUT2D eigenvalue weighted by molar-refractivity contribution is 5.95. The molecule has 5 heteroatoms. The van der Waals surface area contributed by atoms with E-state index >= 15 is 0 Å². The number of carbonyl (C=O) groups excluding carboxylic acids is 2. The van der Waals surface area contributed by atoms with Crippen LogP contribution < -0.4 is 0 Å². The second-order valence-corrected chi connectivity index (χ2v) is 11.4. The number of likely N-dealkylation sites (tertiary alicyclic amines) is 1. The molecule has 1 aliphatic heterocycles. The van der Waals surface area contributed by atoms with Crippen LogP contribution in [0.5, 0.6) is 0 Å². The highest BCUT2D eigenvalue weighted by Gasteiger charge is 2.66. The summed E-state index contributed by atoms with van der Waals surface area (Å²) < 4.78 is 0. The lowest BCUT2D eigenvalue weighted by Gasteiger charge is -2.59. The van der Waals surface area contributed by atoms with E-state index in [-0.39, 0.29) is 40.8 Å². The van der Waals surface area contributed by atoms with Crippen LogP contribution in [-0.2, 0) is 9.59 Å². The second kappa shape index (κ2) is 6.98. The molecule has 0 bridgehead atoms. The first-order chi connectivity index (χ1) is 14.2. The van der Waals surface area contributed by atoms with Crippen molar-refractivity contribution in [3.8, 4) is 0 Å². The maximum atomic E-state index is 13.3. The van der Waals surface area contributed by atoms with Crippen molar-refractivity contribution in [2.45, 2.75) is 83.3 Å². The molecule has 0 aromatic heterocycles. The topological polar surface area (TPSA) is 77.8 Å². The number of Topliss-reactive ketones (excluding diaryl/α,β-unsaturated/α-hetero) is 1. The van der Waals surface area contributed by atoms with Gasteiger partial charge in [0.25, 0.3) is 0 Å². The maximum Gasteiger partial charge on any atom is 0.159 e. The van der Waals surface area contributed by atoms with Crippen LogP contribution in [0.3, 0.4) is 0 Å². The summed E-state index contributed by atoms with van der Waals surface area (Å²) in [5, 5.41) is 21.9. The fraction of sp³-hybridized carbons (Fsp3) is 0.840. The van der Waals surface area contributed by atoms with Crippen LogP contribution in [-0.4, -0.2) is 58.0 Å². The lowest BCUT2D eigenvalue weighted by atomic mass is 9.46. The number of aliphatic hydroxyl groups is 2. The average Bonchev–Trinajstić information content (AvgIpc) is 3.22. The van der Waals surface area contributed by atoms with Gasteiger partial charge in [-0.3, -0.25) is 14.5 Å². The van der Waals surface area contributed by atoms with Crippen LogP contribution in [0, 0.1) is 28.6 Å². The van der Waals surface area contributed by atoms with Crippen molar-refractivity contribution in [1.82, 2.24) is 4.90 Å². The Morgan fingerprint density at radius 1 is 1.10 bits per heavy atom. The molecule has 0 radical (unpaired) electrons. The molecule has 2 N–H and O–H groups in total. The highest BCUT2D eigenvalue weighted by atomic mass is 16.3. The number of nitrogens with zero attached hydrogens (tertiary/aromatic N) is 1. The van der Waals surface area contributed by atoms with Crippen LogP contribution in [0.2, 0.25) is 0 Å². The molecule has 5 unspecified atom stereocenters. The number of allylic oxidation sites excluding steroid dienone is 1. The molecule has 1 heterocycles. The molecule has 3 saturated carbocycles. The van der Waals surface area contributed by atoms with Crippen LogP contribution in [0.15, 0.2) is 11.6 Å². The van der Waals surface area contributed by atoms with Crippen LogP contribution in [0.25, 0.3) is 0 Å². The minimum atomic E-state index is -1.04. The number of fused-ring (bicyclic) bond motifs is 5. The van der Waals surface area contributed by atoms with Crippen molar-refractivity contribution in [2.24, 2.45) is 28.6 Å². The largest absolute Gasteiger partial charge is 0.392 e. The minimum absolute atomic E-state index is 0.0374. The van der Waals surface area contributed by atoms with Crippen molar-refractivity contribution < 1.29 is 19.8 Å². The molecule has 5 aliphatic rings. The molecule has 0 aromatic carbocycles. The quantitative estimate of drug-likeness (QED) is 0.741. The van der Waals surface area contributed by atoms with E-state index in [2.05, 4.69) is 18.7 Å². The van der Waals surface area contributed by atoms with Crippen LogP contribution >= 0.6 is 0 Å². The maximum absolute atomic E-state index is 13.3. The number of hydrogen-bond acceptors (Lipinski definition) is 5. The van der Waals surface area contributed by atoms with E-state index in [0.29, 0.717) is 25.9 Å². The molecule has 166 valence electrons. The molecule has 30 heavy (non-hydrogen) atoms. The van der Waals surface area contributed by atoms with E-state index in [4.69, 9.17) is 0 Å². The Morgan fingerprint density at radius 2 is 1.90 bits per heavy atom. The summed E-state index contributed by atoms with van der Waals surface area (Å²) >= 11 is 0. The third-order valence-corrected chi connectivity index (χ3v) is 10.0. The van der Waals surface area contributed by atoms with E-state index in [1.165, 1.54) is 6.42 Å². The number of ketones is 2. The van der Waals surface area contributed by atoms with Gasteiger partial charge in [-0.2, -0.15) is 0 Å². The number of aliphatic hydroxyl groups excluding tert-OH is 1. The van der Waals surface area contributed by atoms with E-state index in [1.54, 1.807) is 0 Å². The zero-order chi connectivity index (χ0) is 21.3. The molecule has 4 fully saturated rings. The van der Waals surface area contributed by atoms with Gasteiger partial charge in [0.05, 0.1) is 18.2 Å². The fourth-order valence-corrected chi connectivity index (χ4v) is 8.19. The van der Waals surface area contributed by atoms with Gasteiger partial charge in [-0.25, -0.2) is 0 Å². The van der Waals surface area contributed by atoms with Crippen molar-refractivity contribution in [3.63, 3.8) is 0 Å². The third kappa shape index (κ3) is 2.77. The standard InChI is InChI=1S/C25H37NO4/c1-23-9-4-3-5-18(23)21(28)13-20-17(23)6-10-24(2)19(7-11-25(20,24)30)22(29)15-26-12-8-16(27)14-26/h13,16-19,27,30H,3-12,14-15H2,1-2H3/t16?,17?,18?,19-,23?,24?,25-/m1/s1. The first-order valence-electron chi connectivity index (χ1n) is 12.1. The minimum Gasteiger partial charge on any atom is -0.392 e. The Balaban J connectivity index is 1.44. The van der Waals surface area contributed by atoms with Gasteiger partial charge in [0.1, 0.15) is 0 Å². The predicted molar refractivity (Wildman–Crippen MR) is 114 cm³/mol. The fourth-order valence-electron chi connectivity index (χ4n) is 8.19. The summed E-state index contributed by atoms with van der Waals surface area (Å²) in [6, 6.07) is 0. The highest BCUT2D eigenvalue weighted by Crippen LogP contribution is 2.67. The van der Waals surface area contributed by atoms with Gasteiger partial charge in [-0.1, -0.05) is 26.7 Å². The molecule has 0 amide bonds. The Hall–Kier alpha value is -1.04. The summed E-state index contributed by atoms with van der Waals surface area (Å²) in [6.45, 7) is 6.09. The van der Waals surface area contributed by atoms with Gasteiger partial charge in [0, 0.05) is 30.3 Å². The number of hydrogen-bond donors (Lipinski definition) is 2. The Morgan fingerprint density at radius 3 is 2.63 bits per heavy atom. The first kappa shape index (κ1) is 20.8. The van der Waals surface area contributed by atoms with Crippen molar-refractivity contribution in [2.75, 3.05) is 19.6 Å². The number of β-amino-alcohol motifs (C(OH)–C–C–N with tert-alkyl or cyclic N) is 1. The van der Waals surface area contributed by atoms with Gasteiger partial charge in [0.2, 0.25) is 0 Å². The SMILES string of the molecule is CC12CCCCC1C(=O)C=C1C2CCC2(C)[C@@H](C(=O)CN3CCC(O)C3)CC[C@@]12O. The lowest BCUT2D eigenvalue weighted by Crippen LogP contribution is -2.59. The molecule has 4 aliphatic carbocycles. The molecule has 1 saturated heterocycles. The Labute approximate surface area is 179 Å². The zero-order valence-electron chi connectivity index (χ0n) is 18.5. The molecule has 0 aromatic rings. The van der Waals surface area contributed by atoms with Gasteiger partial charge in [0.15, 0.2) is 11.6 Å². The summed E-state index contributed by atoms with van der Waals surface area (Å²) in [6.07, 6.45) is 9.66. The van der Waals surface area contributed by atoms with Gasteiger partial charge >= 0.3 is 0 Å². The van der Waals surface area contributed by atoms with Crippen LogP contribution in [0.4, 0.5) is 0 Å². The summed E-state index contributed by atoms with van der Waals surface area (Å²) in [4.78, 5) is 28.5. The number of carbonyl (C=O) groups is 2. The monoisotopic (exact) mass is 415 g/mol. The molecule has 5 rings (SSSR count). The molecule has 7 atom stereocenters. The molecular formula is C25H37NO4. The lowest BCUT2D eigenvalue weighted by molar-refractivity contribution is -0.141. The smallest absolute Gasteiger partial charge is 0.159 e. The zero-order valence-corrected chi connectivity index (χ0v) is 18.5. The van der Waals surface area contributed by atoms with Crippen molar-refractivity contribution in [1.29, 1.82) is 0 Å². The Kier molecular flexibility index (Phi) is 4.85. The molecule has 0 spiro atoms. The van der Waals surface area contributed by atoms with Crippen molar-refractivity contribution >= 4 is 11.6 Å². The predicted octanol–water partition coefficient (Wildman–Crippen LogP) is 2.89. The summed E-state index contributed by atoms with van der Waals surface area (Å²) in [5.74, 6) is 0.607. The summed E-state index contributed by atoms with van der Waals surface area (Å²) in [5.41, 5.74) is -0.622. The van der Waals surface area contributed by atoms with E-state index in [1.807, 2.05) is 6.08 Å². The normalized spacial score (nSPS) is 48.7. The van der Waals surface area contributed by atoms with Crippen molar-refractivity contribution in [3.05, 3.63) is 11.6 Å². The van der Waals surface area contributed by atoms with Gasteiger partial charge in [-0.05, 0) is 67.9 Å². The first-order valence-corrected chi connectivity index (χ1v) is 12.1. The van der Waals surface area contributed by atoms with Gasteiger partial charge < -0.3 is 10.2 Å². The number of rotatable bonds is 3. The van der Waals surface area contributed by atoms with Crippen LogP contribution in [0.1, 0.15) is 71.6 Å². The van der Waals surface area contributed by atoms with Gasteiger partial charge in [-0.15, -0.1) is 0 Å². The summed E-state index contributed by atoms with van der Waals surface area (Å²) in [7, 11) is 0. The second-order valence-electron chi connectivity index (χ2n) is 11.4. The van der Waals surface area contributed by atoms with E-state index in [9.17, 15) is 19.8 Å².